The van der Waals surface area contributed by atoms with Crippen molar-refractivity contribution >= 4 is 35.0 Å². The number of hydrogen-bond donors (Lipinski definition) is 4. The summed E-state index contributed by atoms with van der Waals surface area (Å²) in [6.45, 7) is 1.27. The van der Waals surface area contributed by atoms with Crippen LogP contribution in [0.1, 0.15) is 52.7 Å². The van der Waals surface area contributed by atoms with Crippen molar-refractivity contribution in [2.24, 2.45) is 5.92 Å². The Morgan fingerprint density at radius 3 is 2.45 bits per heavy atom. The van der Waals surface area contributed by atoms with Gasteiger partial charge in [0.25, 0.3) is 5.91 Å². The molecule has 1 atom stereocenters. The summed E-state index contributed by atoms with van der Waals surface area (Å²) >= 11 is 0. The molecule has 1 aliphatic heterocycles. The minimum atomic E-state index is -4.56. The van der Waals surface area contributed by atoms with Crippen molar-refractivity contribution in [3.05, 3.63) is 71.2 Å². The second-order valence-electron chi connectivity index (χ2n) is 9.86. The Morgan fingerprint density at radius 2 is 1.75 bits per heavy atom. The Labute approximate surface area is 227 Å². The van der Waals surface area contributed by atoms with Gasteiger partial charge in [0, 0.05) is 42.4 Å². The summed E-state index contributed by atoms with van der Waals surface area (Å²) in [7, 11) is 0. The number of nitrogens with two attached hydrogens (primary N) is 1. The number of amides is 2. The number of nitrogens with one attached hydrogen (secondary N) is 3. The maximum atomic E-state index is 13.0. The van der Waals surface area contributed by atoms with E-state index in [4.69, 9.17) is 11.1 Å². The van der Waals surface area contributed by atoms with E-state index in [1.807, 2.05) is 4.90 Å². The predicted molar refractivity (Wildman–Crippen MR) is 142 cm³/mol. The lowest BCUT2D eigenvalue weighted by Gasteiger charge is -2.34. The monoisotopic (exact) mass is 552 g/mol. The largest absolute Gasteiger partial charge is 0.416 e. The third-order valence-electron chi connectivity index (χ3n) is 6.89. The topological polar surface area (TPSA) is 150 Å². The maximum Gasteiger partial charge on any atom is 0.416 e. The second-order valence-corrected chi connectivity index (χ2v) is 9.86. The predicted octanol–water partition coefficient (Wildman–Crippen LogP) is 3.95. The van der Waals surface area contributed by atoms with Crippen LogP contribution >= 0.6 is 0 Å². The van der Waals surface area contributed by atoms with E-state index in [0.29, 0.717) is 23.5 Å². The zero-order valence-electron chi connectivity index (χ0n) is 21.3. The van der Waals surface area contributed by atoms with E-state index in [2.05, 4.69) is 25.6 Å². The minimum absolute atomic E-state index is 0.0221. The molecule has 3 heterocycles. The standard InChI is InChI=1S/C27H27F3N8O2/c28-27(29,30)18-9-10-33-20(12-18)37-25(39)16-5-3-15(4-6-16)22(31)21-23(32)34-14-35-24(21)36-19-2-1-11-38(13-19)26(40)17-7-8-17/h3-6,9-10,12,14,17,19,31H,1-2,7-8,11,13H2,(H,33,37,39)(H3,32,34,35,36). The number of benzene rings is 1. The minimum Gasteiger partial charge on any atom is -0.383 e. The number of anilines is 3. The van der Waals surface area contributed by atoms with Crippen molar-refractivity contribution in [1.82, 2.24) is 19.9 Å². The average molecular weight is 553 g/mol. The summed E-state index contributed by atoms with van der Waals surface area (Å²) < 4.78 is 38.9. The molecule has 2 amide bonds. The molecule has 1 saturated heterocycles. The summed E-state index contributed by atoms with van der Waals surface area (Å²) in [5.74, 6) is -0.0837. The molecule has 40 heavy (non-hydrogen) atoms. The SMILES string of the molecule is N=C(c1ccc(C(=O)Nc2cc(C(F)(F)F)ccn2)cc1)c1c(N)ncnc1NC1CCCN(C(=O)C2CC2)C1. The van der Waals surface area contributed by atoms with E-state index in [9.17, 15) is 22.8 Å². The van der Waals surface area contributed by atoms with Crippen LogP contribution in [0.3, 0.4) is 0 Å². The van der Waals surface area contributed by atoms with Crippen molar-refractivity contribution in [2.45, 2.75) is 37.9 Å². The Morgan fingerprint density at radius 1 is 1.02 bits per heavy atom. The van der Waals surface area contributed by atoms with E-state index < -0.39 is 17.6 Å². The number of nitrogen functional groups attached to an aromatic ring is 1. The third kappa shape index (κ3) is 6.03. The van der Waals surface area contributed by atoms with Crippen LogP contribution in [-0.4, -0.2) is 56.5 Å². The van der Waals surface area contributed by atoms with Crippen molar-refractivity contribution in [3.63, 3.8) is 0 Å². The molecule has 5 rings (SSSR count). The van der Waals surface area contributed by atoms with Gasteiger partial charge in [0.15, 0.2) is 0 Å². The Hall–Kier alpha value is -4.55. The number of carbonyl (C=O) groups excluding carboxylic acids is 2. The fourth-order valence-electron chi connectivity index (χ4n) is 4.63. The van der Waals surface area contributed by atoms with Crippen molar-refractivity contribution < 1.29 is 22.8 Å². The van der Waals surface area contributed by atoms with Gasteiger partial charge in [-0.1, -0.05) is 12.1 Å². The fraction of sp³-hybridized carbons (Fsp3) is 0.333. The lowest BCUT2D eigenvalue weighted by molar-refractivity contribution is -0.137. The summed E-state index contributed by atoms with van der Waals surface area (Å²) in [6, 6.07) is 7.46. The Kier molecular flexibility index (Phi) is 7.37. The molecule has 2 aliphatic rings. The van der Waals surface area contributed by atoms with Crippen LogP contribution in [0.15, 0.2) is 48.9 Å². The number of piperidine rings is 1. The number of nitrogens with zero attached hydrogens (tertiary/aromatic N) is 4. The summed E-state index contributed by atoms with van der Waals surface area (Å²) in [5, 5.41) is 14.5. The molecular weight excluding hydrogens is 525 g/mol. The number of aromatic nitrogens is 3. The van der Waals surface area contributed by atoms with E-state index in [1.54, 1.807) is 0 Å². The summed E-state index contributed by atoms with van der Waals surface area (Å²) in [6.07, 6.45) is 1.28. The van der Waals surface area contributed by atoms with Gasteiger partial charge in [-0.3, -0.25) is 15.0 Å². The van der Waals surface area contributed by atoms with E-state index >= 15 is 0 Å². The van der Waals surface area contributed by atoms with E-state index in [0.717, 1.165) is 50.6 Å². The molecule has 3 aromatic rings. The molecule has 208 valence electrons. The van der Waals surface area contributed by atoms with Gasteiger partial charge in [-0.2, -0.15) is 13.2 Å². The van der Waals surface area contributed by atoms with E-state index in [1.165, 1.54) is 30.6 Å². The number of likely N-dealkylation sites (tertiary alicyclic amines) is 1. The highest BCUT2D eigenvalue weighted by Crippen LogP contribution is 2.33. The van der Waals surface area contributed by atoms with Gasteiger partial charge in [0.2, 0.25) is 5.91 Å². The van der Waals surface area contributed by atoms with Gasteiger partial charge in [0.1, 0.15) is 23.8 Å². The molecule has 0 radical (unpaired) electrons. The number of carbonyl (C=O) groups is 2. The van der Waals surface area contributed by atoms with Gasteiger partial charge in [0.05, 0.1) is 16.8 Å². The molecule has 2 aromatic heterocycles. The van der Waals surface area contributed by atoms with Crippen LogP contribution in [0, 0.1) is 11.3 Å². The molecule has 1 saturated carbocycles. The number of rotatable bonds is 7. The number of alkyl halides is 3. The maximum absolute atomic E-state index is 13.0. The first-order chi connectivity index (χ1) is 19.1. The second kappa shape index (κ2) is 10.9. The normalized spacial score (nSPS) is 17.3. The molecule has 0 spiro atoms. The molecule has 5 N–H and O–H groups in total. The van der Waals surface area contributed by atoms with Crippen LogP contribution < -0.4 is 16.4 Å². The molecular formula is C27H27F3N8O2. The van der Waals surface area contributed by atoms with Gasteiger partial charge < -0.3 is 21.3 Å². The molecule has 0 bridgehead atoms. The molecule has 1 aromatic carbocycles. The van der Waals surface area contributed by atoms with Crippen molar-refractivity contribution in [3.8, 4) is 0 Å². The first-order valence-corrected chi connectivity index (χ1v) is 12.8. The van der Waals surface area contributed by atoms with Gasteiger partial charge in [-0.15, -0.1) is 0 Å². The smallest absolute Gasteiger partial charge is 0.383 e. The highest BCUT2D eigenvalue weighted by Gasteiger charge is 2.35. The molecule has 1 aliphatic carbocycles. The van der Waals surface area contributed by atoms with Gasteiger partial charge in [-0.25, -0.2) is 15.0 Å². The van der Waals surface area contributed by atoms with Crippen LogP contribution in [0.5, 0.6) is 0 Å². The first-order valence-electron chi connectivity index (χ1n) is 12.8. The van der Waals surface area contributed by atoms with Gasteiger partial charge >= 0.3 is 6.18 Å². The molecule has 13 heteroatoms. The number of halogens is 3. The lowest BCUT2D eigenvalue weighted by Crippen LogP contribution is -2.46. The average Bonchev–Trinajstić information content (AvgIpc) is 3.78. The van der Waals surface area contributed by atoms with Crippen LogP contribution in [0.25, 0.3) is 0 Å². The zero-order valence-corrected chi connectivity index (χ0v) is 21.3. The highest BCUT2D eigenvalue weighted by molar-refractivity contribution is 6.16. The fourth-order valence-corrected chi connectivity index (χ4v) is 4.63. The number of hydrogen-bond acceptors (Lipinski definition) is 8. The summed E-state index contributed by atoms with van der Waals surface area (Å²) in [4.78, 5) is 39.2. The quantitative estimate of drug-likeness (QED) is 0.324. The lowest BCUT2D eigenvalue weighted by atomic mass is 10.0. The highest BCUT2D eigenvalue weighted by atomic mass is 19.4. The van der Waals surface area contributed by atoms with E-state index in [-0.39, 0.29) is 40.8 Å². The number of pyridine rings is 1. The zero-order chi connectivity index (χ0) is 28.4. The van der Waals surface area contributed by atoms with Crippen LogP contribution in [0.2, 0.25) is 0 Å². The van der Waals surface area contributed by atoms with Crippen LogP contribution in [-0.2, 0) is 11.0 Å². The summed E-state index contributed by atoms with van der Waals surface area (Å²) in [5.41, 5.74) is 6.12. The van der Waals surface area contributed by atoms with Crippen molar-refractivity contribution in [1.29, 1.82) is 5.41 Å². The Balaban J connectivity index is 1.29. The third-order valence-corrected chi connectivity index (χ3v) is 6.89. The first kappa shape index (κ1) is 27.0. The van der Waals surface area contributed by atoms with Crippen LogP contribution in [0.4, 0.5) is 30.6 Å². The van der Waals surface area contributed by atoms with Gasteiger partial charge in [-0.05, 0) is 49.9 Å². The molecule has 10 nitrogen and oxygen atoms in total. The molecule has 2 fully saturated rings. The Bertz CT molecular complexity index is 1440. The van der Waals surface area contributed by atoms with Crippen molar-refractivity contribution in [2.75, 3.05) is 29.5 Å². The molecule has 1 unspecified atom stereocenters.